The molecule has 0 aromatic rings. The average molecular weight is 445 g/mol. The van der Waals surface area contributed by atoms with Crippen molar-refractivity contribution in [1.82, 2.24) is 5.32 Å². The number of aliphatic hydroxyl groups excluding tert-OH is 6. The Morgan fingerprint density at radius 1 is 0.833 bits per heavy atom. The van der Waals surface area contributed by atoms with Gasteiger partial charge in [0.05, 0.1) is 31.0 Å². The molecule has 176 valence electrons. The number of hydrogen-bond acceptors (Lipinski definition) is 11. The Hall–Kier alpha value is -0.580. The summed E-state index contributed by atoms with van der Waals surface area (Å²) in [6, 6.07) is -0.657. The number of halogens is 2. The van der Waals surface area contributed by atoms with E-state index in [-0.39, 0.29) is 19.6 Å². The fraction of sp³-hybridized carbons (Fsp3) is 1.00. The minimum atomic E-state index is -1.76. The first-order valence-electron chi connectivity index (χ1n) is 9.79. The lowest BCUT2D eigenvalue weighted by Crippen LogP contribution is -2.63. The summed E-state index contributed by atoms with van der Waals surface area (Å²) >= 11 is 0. The predicted octanol–water partition coefficient (Wildman–Crippen LogP) is -3.70. The maximum absolute atomic E-state index is 13.6. The Morgan fingerprint density at radius 2 is 1.50 bits per heavy atom. The normalized spacial score (nSPS) is 50.0. The van der Waals surface area contributed by atoms with E-state index in [9.17, 15) is 39.4 Å². The molecule has 3 fully saturated rings. The quantitative estimate of drug-likeness (QED) is 0.206. The summed E-state index contributed by atoms with van der Waals surface area (Å²) in [5.74, 6) is 0. The first-order chi connectivity index (χ1) is 14.3. The van der Waals surface area contributed by atoms with Crippen molar-refractivity contribution in [2.75, 3.05) is 26.5 Å². The molecule has 3 saturated heterocycles. The van der Waals surface area contributed by atoms with Gasteiger partial charge in [0.15, 0.2) is 12.6 Å². The third kappa shape index (κ3) is 4.91. The first kappa shape index (κ1) is 24.1. The van der Waals surface area contributed by atoms with E-state index in [0.29, 0.717) is 0 Å². The summed E-state index contributed by atoms with van der Waals surface area (Å²) in [6.45, 7) is -2.39. The third-order valence-corrected chi connectivity index (χ3v) is 5.61. The summed E-state index contributed by atoms with van der Waals surface area (Å²) in [4.78, 5) is 0. The number of ether oxygens (including phenoxy) is 4. The van der Waals surface area contributed by atoms with Crippen molar-refractivity contribution in [3.8, 4) is 0 Å². The molecule has 0 radical (unpaired) electrons. The van der Waals surface area contributed by atoms with Crippen molar-refractivity contribution in [3.63, 3.8) is 0 Å². The van der Waals surface area contributed by atoms with Gasteiger partial charge in [0.2, 0.25) is 0 Å². The largest absolute Gasteiger partial charge is 0.395 e. The van der Waals surface area contributed by atoms with E-state index in [2.05, 4.69) is 5.32 Å². The maximum Gasteiger partial charge on any atom is 0.187 e. The molecule has 0 aliphatic carbocycles. The zero-order valence-corrected chi connectivity index (χ0v) is 16.0. The van der Waals surface area contributed by atoms with Gasteiger partial charge in [-0.3, -0.25) is 0 Å². The molecule has 0 aromatic carbocycles. The molecule has 7 N–H and O–H groups in total. The van der Waals surface area contributed by atoms with Gasteiger partial charge in [-0.2, -0.15) is 0 Å². The molecule has 3 heterocycles. The number of alkyl halides is 2. The van der Waals surface area contributed by atoms with Gasteiger partial charge in [-0.1, -0.05) is 0 Å². The van der Waals surface area contributed by atoms with Gasteiger partial charge in [-0.25, -0.2) is 8.78 Å². The van der Waals surface area contributed by atoms with Crippen LogP contribution in [0.3, 0.4) is 0 Å². The van der Waals surface area contributed by atoms with E-state index in [1.807, 2.05) is 0 Å². The van der Waals surface area contributed by atoms with Crippen molar-refractivity contribution < 1.29 is 58.4 Å². The van der Waals surface area contributed by atoms with Crippen molar-refractivity contribution >= 4 is 0 Å². The minimum absolute atomic E-state index is 0.120. The lowest BCUT2D eigenvalue weighted by Gasteiger charge is -2.45. The van der Waals surface area contributed by atoms with Crippen LogP contribution >= 0.6 is 0 Å². The summed E-state index contributed by atoms with van der Waals surface area (Å²) in [5, 5.41) is 62.9. The summed E-state index contributed by atoms with van der Waals surface area (Å²) in [6.07, 6.45) is -15.8. The zero-order valence-electron chi connectivity index (χ0n) is 16.0. The number of hydrogen-bond donors (Lipinski definition) is 7. The fourth-order valence-corrected chi connectivity index (χ4v) is 3.87. The first-order valence-corrected chi connectivity index (χ1v) is 9.79. The highest BCUT2D eigenvalue weighted by Gasteiger charge is 2.51. The van der Waals surface area contributed by atoms with Gasteiger partial charge in [-0.15, -0.1) is 0 Å². The van der Waals surface area contributed by atoms with Gasteiger partial charge >= 0.3 is 0 Å². The van der Waals surface area contributed by atoms with E-state index in [4.69, 9.17) is 18.9 Å². The summed E-state index contributed by atoms with van der Waals surface area (Å²) in [5.41, 5.74) is 0. The molecule has 11 nitrogen and oxygen atoms in total. The number of β-amino-alcohol motifs (C(OH)–C–C–N with tert-alkyl or cyclic N) is 1. The van der Waals surface area contributed by atoms with Crippen LogP contribution < -0.4 is 5.32 Å². The van der Waals surface area contributed by atoms with Gasteiger partial charge in [0.1, 0.15) is 50.0 Å². The van der Waals surface area contributed by atoms with Crippen LogP contribution in [0.4, 0.5) is 8.78 Å². The van der Waals surface area contributed by atoms with E-state index in [0.717, 1.165) is 0 Å². The lowest BCUT2D eigenvalue weighted by atomic mass is 9.98. The second-order valence-electron chi connectivity index (χ2n) is 7.72. The summed E-state index contributed by atoms with van der Waals surface area (Å²) < 4.78 is 48.0. The van der Waals surface area contributed by atoms with Gasteiger partial charge in [0.25, 0.3) is 0 Å². The Bertz CT molecular complexity index is 549. The van der Waals surface area contributed by atoms with E-state index >= 15 is 0 Å². The van der Waals surface area contributed by atoms with Crippen LogP contribution in [-0.2, 0) is 18.9 Å². The maximum atomic E-state index is 13.6. The van der Waals surface area contributed by atoms with Crippen molar-refractivity contribution in [2.24, 2.45) is 0 Å². The fourth-order valence-electron chi connectivity index (χ4n) is 3.87. The van der Waals surface area contributed by atoms with Crippen LogP contribution in [0.5, 0.6) is 0 Å². The highest BCUT2D eigenvalue weighted by molar-refractivity contribution is 4.96. The molecular formula is C17H29F2NO10. The Kier molecular flexibility index (Phi) is 8.31. The van der Waals surface area contributed by atoms with Gasteiger partial charge in [0, 0.05) is 13.0 Å². The standard InChI is InChI=1S/C17H29F2NO10/c18-2-6-1-8(22)11(24)16(27-6)30-15-10(3-19)28-17(13(26)12(15)25)29-14-7(5-21)20-4-9(14)23/h6-17,20-26H,1-5H2/t6-,7+,8?,9?,10+,11+,12?,13+,14+,15+,16-,17+/m0/s1. The molecule has 3 aliphatic heterocycles. The van der Waals surface area contributed by atoms with Crippen molar-refractivity contribution in [1.29, 1.82) is 0 Å². The molecule has 13 heteroatoms. The van der Waals surface area contributed by atoms with E-state index < -0.39 is 86.9 Å². The molecule has 3 rings (SSSR count). The molecule has 0 aromatic heterocycles. The van der Waals surface area contributed by atoms with Crippen LogP contribution in [0.1, 0.15) is 6.42 Å². The molecule has 0 bridgehead atoms. The molecule has 0 spiro atoms. The summed E-state index contributed by atoms with van der Waals surface area (Å²) in [7, 11) is 0. The van der Waals surface area contributed by atoms with Crippen LogP contribution in [0.2, 0.25) is 0 Å². The Labute approximate surface area is 171 Å². The third-order valence-electron chi connectivity index (χ3n) is 5.61. The number of rotatable bonds is 7. The molecule has 0 amide bonds. The SMILES string of the molecule is OC[C@H]1NCC(O)[C@@H]1O[C@H]1O[C@H](CF)[C@@H](O[C@@H]2O[C@H](CF)CC(O)[C@H]2O)C(O)[C@H]1O. The van der Waals surface area contributed by atoms with Crippen molar-refractivity contribution in [2.45, 2.75) is 80.0 Å². The average Bonchev–Trinajstić information content (AvgIpc) is 3.09. The van der Waals surface area contributed by atoms with Crippen LogP contribution in [-0.4, -0.2) is 131 Å². The highest BCUT2D eigenvalue weighted by Crippen LogP contribution is 2.31. The molecule has 12 atom stereocenters. The van der Waals surface area contributed by atoms with Crippen molar-refractivity contribution in [3.05, 3.63) is 0 Å². The molecule has 0 saturated carbocycles. The molecule has 3 unspecified atom stereocenters. The monoisotopic (exact) mass is 445 g/mol. The highest BCUT2D eigenvalue weighted by atomic mass is 19.1. The topological polar surface area (TPSA) is 170 Å². The van der Waals surface area contributed by atoms with Crippen LogP contribution in [0.25, 0.3) is 0 Å². The zero-order chi connectivity index (χ0) is 22.0. The second-order valence-corrected chi connectivity index (χ2v) is 7.72. The number of nitrogens with one attached hydrogen (secondary N) is 1. The van der Waals surface area contributed by atoms with Gasteiger partial charge < -0.3 is 54.9 Å². The van der Waals surface area contributed by atoms with Gasteiger partial charge in [-0.05, 0) is 0 Å². The Balaban J connectivity index is 1.68. The van der Waals surface area contributed by atoms with E-state index in [1.165, 1.54) is 0 Å². The minimum Gasteiger partial charge on any atom is -0.395 e. The molecule has 3 aliphatic rings. The number of aliphatic hydroxyl groups is 6. The van der Waals surface area contributed by atoms with E-state index in [1.54, 1.807) is 0 Å². The predicted molar refractivity (Wildman–Crippen MR) is 92.5 cm³/mol. The second kappa shape index (κ2) is 10.4. The van der Waals surface area contributed by atoms with Crippen LogP contribution in [0, 0.1) is 0 Å². The molecule has 30 heavy (non-hydrogen) atoms. The Morgan fingerprint density at radius 3 is 2.13 bits per heavy atom. The lowest BCUT2D eigenvalue weighted by molar-refractivity contribution is -0.354. The van der Waals surface area contributed by atoms with Crippen LogP contribution in [0.15, 0.2) is 0 Å². The molecular weight excluding hydrogens is 416 g/mol. The smallest absolute Gasteiger partial charge is 0.187 e.